The lowest BCUT2D eigenvalue weighted by Gasteiger charge is -2.12. The van der Waals surface area contributed by atoms with Crippen LogP contribution in [0.3, 0.4) is 0 Å². The minimum atomic E-state index is -0.00416. The Hall–Kier alpha value is -4.19. The summed E-state index contributed by atoms with van der Waals surface area (Å²) in [7, 11) is 1.67. The third-order valence-electron chi connectivity index (χ3n) is 6.46. The summed E-state index contributed by atoms with van der Waals surface area (Å²) in [5.74, 6) is 8.56. The zero-order chi connectivity index (χ0) is 27.0. The molecule has 0 radical (unpaired) electrons. The summed E-state index contributed by atoms with van der Waals surface area (Å²) in [4.78, 5) is 0. The Morgan fingerprint density at radius 2 is 1.79 bits per heavy atom. The van der Waals surface area contributed by atoms with Crippen molar-refractivity contribution in [2.75, 3.05) is 20.3 Å². The molecule has 2 heterocycles. The predicted molar refractivity (Wildman–Crippen MR) is 154 cm³/mol. The molecule has 39 heavy (non-hydrogen) atoms. The Labute approximate surface area is 232 Å². The lowest BCUT2D eigenvalue weighted by atomic mass is 9.96. The first kappa shape index (κ1) is 26.4. The molecule has 7 nitrogen and oxygen atoms in total. The fourth-order valence-electron chi connectivity index (χ4n) is 4.49. The van der Waals surface area contributed by atoms with Gasteiger partial charge in [-0.3, -0.25) is 0 Å². The van der Waals surface area contributed by atoms with Crippen LogP contribution in [0.4, 0.5) is 0 Å². The van der Waals surface area contributed by atoms with E-state index in [1.54, 1.807) is 18.4 Å². The van der Waals surface area contributed by atoms with Gasteiger partial charge in [-0.1, -0.05) is 35.4 Å². The third-order valence-corrected chi connectivity index (χ3v) is 7.43. The van der Waals surface area contributed by atoms with Gasteiger partial charge in [0.05, 0.1) is 12.5 Å². The molecule has 0 spiro atoms. The lowest BCUT2D eigenvalue weighted by Crippen LogP contribution is -2.04. The van der Waals surface area contributed by atoms with Crippen molar-refractivity contribution < 1.29 is 14.2 Å². The number of rotatable bonds is 11. The van der Waals surface area contributed by atoms with Crippen LogP contribution in [0, 0.1) is 18.8 Å². The number of aromatic amines is 1. The Balaban J connectivity index is 1.28. The van der Waals surface area contributed by atoms with Crippen LogP contribution in [0.5, 0.6) is 11.5 Å². The van der Waals surface area contributed by atoms with E-state index in [4.69, 9.17) is 14.2 Å². The second-order valence-electron chi connectivity index (χ2n) is 9.13. The van der Waals surface area contributed by atoms with Crippen LogP contribution in [0.1, 0.15) is 35.4 Å². The van der Waals surface area contributed by atoms with Crippen LogP contribution >= 0.6 is 11.3 Å². The lowest BCUT2D eigenvalue weighted by molar-refractivity contribution is 0.146. The molecule has 0 aliphatic heterocycles. The summed E-state index contributed by atoms with van der Waals surface area (Å²) in [5.41, 5.74) is 5.83. The second kappa shape index (κ2) is 12.6. The highest BCUT2D eigenvalue weighted by Crippen LogP contribution is 2.37. The van der Waals surface area contributed by atoms with Gasteiger partial charge in [0.25, 0.3) is 0 Å². The van der Waals surface area contributed by atoms with Crippen molar-refractivity contribution in [3.63, 3.8) is 0 Å². The van der Waals surface area contributed by atoms with E-state index >= 15 is 0 Å². The summed E-state index contributed by atoms with van der Waals surface area (Å²) in [6.45, 7) is 5.55. The van der Waals surface area contributed by atoms with Gasteiger partial charge >= 0.3 is 0 Å². The highest BCUT2D eigenvalue weighted by molar-refractivity contribution is 7.17. The fraction of sp³-hybridized carbons (Fsp3) is 0.258. The molecular formula is C31H30N4O3S. The van der Waals surface area contributed by atoms with E-state index in [-0.39, 0.29) is 5.92 Å². The van der Waals surface area contributed by atoms with Gasteiger partial charge in [-0.05, 0) is 77.9 Å². The number of nitrogens with zero attached hydrogens (tertiary/aromatic N) is 3. The number of H-pyrrole nitrogens is 1. The second-order valence-corrected chi connectivity index (χ2v) is 10.0. The number of tetrazole rings is 1. The van der Waals surface area contributed by atoms with Crippen molar-refractivity contribution in [3.8, 4) is 34.5 Å². The maximum atomic E-state index is 6.15. The van der Waals surface area contributed by atoms with Crippen molar-refractivity contribution in [1.29, 1.82) is 0 Å². The summed E-state index contributed by atoms with van der Waals surface area (Å²) in [5, 5.41) is 17.7. The Kier molecular flexibility index (Phi) is 8.51. The van der Waals surface area contributed by atoms with Gasteiger partial charge in [0.15, 0.2) is 5.82 Å². The molecule has 0 unspecified atom stereocenters. The third kappa shape index (κ3) is 6.45. The maximum Gasteiger partial charge on any atom is 0.176 e. The molecule has 0 fully saturated rings. The van der Waals surface area contributed by atoms with Crippen molar-refractivity contribution >= 4 is 21.4 Å². The van der Waals surface area contributed by atoms with Gasteiger partial charge in [-0.15, -0.1) is 27.5 Å². The minimum Gasteiger partial charge on any atom is -0.491 e. The Morgan fingerprint density at radius 1 is 0.949 bits per heavy atom. The van der Waals surface area contributed by atoms with Gasteiger partial charge in [0, 0.05) is 29.2 Å². The van der Waals surface area contributed by atoms with E-state index in [2.05, 4.69) is 87.2 Å². The van der Waals surface area contributed by atoms with Crippen LogP contribution in [0.15, 0.2) is 66.0 Å². The van der Waals surface area contributed by atoms with Gasteiger partial charge in [0.2, 0.25) is 0 Å². The van der Waals surface area contributed by atoms with Gasteiger partial charge < -0.3 is 14.2 Å². The van der Waals surface area contributed by atoms with E-state index in [1.807, 2.05) is 25.1 Å². The molecule has 0 saturated carbocycles. The van der Waals surface area contributed by atoms with Crippen LogP contribution in [-0.4, -0.2) is 40.9 Å². The van der Waals surface area contributed by atoms with E-state index < -0.39 is 0 Å². The standard InChI is InChI=1S/C31H30N4O3S/c1-4-5-24(18-31-32-34-35-33-31)23-7-9-25(10-8-23)38-19-22-6-13-30-28(17-22)29(20-39-30)27-12-11-26(16-21(27)2)37-15-14-36-3/h6-13,16-17,20,24H,14-15,18-19H2,1-3H3,(H,32,33,34,35)/t24-/m0/s1. The Morgan fingerprint density at radius 3 is 2.54 bits per heavy atom. The van der Waals surface area contributed by atoms with E-state index in [9.17, 15) is 0 Å². The predicted octanol–water partition coefficient (Wildman–Crippen LogP) is 6.34. The quantitative estimate of drug-likeness (QED) is 0.156. The molecule has 1 N–H and O–H groups in total. The fourth-order valence-corrected chi connectivity index (χ4v) is 5.43. The van der Waals surface area contributed by atoms with Crippen molar-refractivity contribution in [1.82, 2.24) is 20.6 Å². The van der Waals surface area contributed by atoms with E-state index in [0.717, 1.165) is 22.6 Å². The largest absolute Gasteiger partial charge is 0.491 e. The SMILES string of the molecule is CC#C[C@@H](Cc1nn[nH]n1)c1ccc(OCc2ccc3scc(-c4ccc(OCCOC)cc4C)c3c2)cc1. The number of hydrogen-bond donors (Lipinski definition) is 1. The van der Waals surface area contributed by atoms with Crippen molar-refractivity contribution in [2.45, 2.75) is 32.8 Å². The first-order chi connectivity index (χ1) is 19.1. The monoisotopic (exact) mass is 538 g/mol. The van der Waals surface area contributed by atoms with E-state index in [0.29, 0.717) is 32.1 Å². The summed E-state index contributed by atoms with van der Waals surface area (Å²) < 4.78 is 18.3. The molecule has 198 valence electrons. The number of fused-ring (bicyclic) bond motifs is 1. The van der Waals surface area contributed by atoms with E-state index in [1.165, 1.54) is 26.8 Å². The first-order valence-corrected chi connectivity index (χ1v) is 13.6. The molecule has 0 bridgehead atoms. The van der Waals surface area contributed by atoms with Gasteiger partial charge in [-0.2, -0.15) is 5.21 Å². The highest BCUT2D eigenvalue weighted by atomic mass is 32.1. The number of ether oxygens (including phenoxy) is 3. The smallest absolute Gasteiger partial charge is 0.176 e. The zero-order valence-electron chi connectivity index (χ0n) is 22.2. The number of aromatic nitrogens is 4. The molecule has 5 aromatic rings. The normalized spacial score (nSPS) is 11.7. The molecule has 2 aromatic heterocycles. The average Bonchev–Trinajstić information content (AvgIpc) is 3.62. The first-order valence-electron chi connectivity index (χ1n) is 12.7. The van der Waals surface area contributed by atoms with Gasteiger partial charge in [-0.25, -0.2) is 0 Å². The zero-order valence-corrected chi connectivity index (χ0v) is 23.0. The summed E-state index contributed by atoms with van der Waals surface area (Å²) in [6.07, 6.45) is 0.601. The number of nitrogens with one attached hydrogen (secondary N) is 1. The molecule has 0 aliphatic carbocycles. The summed E-state index contributed by atoms with van der Waals surface area (Å²) >= 11 is 1.76. The topological polar surface area (TPSA) is 82.2 Å². The molecule has 8 heteroatoms. The molecule has 5 rings (SSSR count). The number of thiophene rings is 1. The number of aryl methyl sites for hydroxylation is 1. The van der Waals surface area contributed by atoms with Crippen molar-refractivity contribution in [2.24, 2.45) is 0 Å². The highest BCUT2D eigenvalue weighted by Gasteiger charge is 2.14. The van der Waals surface area contributed by atoms with Crippen LogP contribution in [-0.2, 0) is 17.8 Å². The van der Waals surface area contributed by atoms with Crippen LogP contribution in [0.2, 0.25) is 0 Å². The number of methoxy groups -OCH3 is 1. The molecule has 0 saturated heterocycles. The van der Waals surface area contributed by atoms with Crippen LogP contribution in [0.25, 0.3) is 21.2 Å². The summed E-state index contributed by atoms with van der Waals surface area (Å²) in [6, 6.07) is 20.9. The minimum absolute atomic E-state index is 0.00416. The Bertz CT molecular complexity index is 1580. The maximum absolute atomic E-state index is 6.15. The molecule has 3 aromatic carbocycles. The molecule has 1 atom stereocenters. The molecule has 0 aliphatic rings. The molecular weight excluding hydrogens is 508 g/mol. The van der Waals surface area contributed by atoms with Crippen molar-refractivity contribution in [3.05, 3.63) is 88.6 Å². The van der Waals surface area contributed by atoms with Gasteiger partial charge in [0.1, 0.15) is 24.7 Å². The van der Waals surface area contributed by atoms with Crippen LogP contribution < -0.4 is 9.47 Å². The average molecular weight is 539 g/mol. The number of hydrogen-bond acceptors (Lipinski definition) is 7. The number of benzene rings is 3. The molecule has 0 amide bonds.